The van der Waals surface area contributed by atoms with E-state index in [9.17, 15) is 0 Å². The van der Waals surface area contributed by atoms with Crippen molar-refractivity contribution in [3.05, 3.63) is 5.82 Å². The second-order valence-corrected chi connectivity index (χ2v) is 4.54. The molecule has 1 aromatic heterocycles. The molecule has 0 saturated carbocycles. The first-order chi connectivity index (χ1) is 7.25. The van der Waals surface area contributed by atoms with Gasteiger partial charge in [-0.2, -0.15) is 4.80 Å². The molecule has 1 saturated heterocycles. The zero-order chi connectivity index (χ0) is 10.7. The fraction of sp³-hybridized carbons (Fsp3) is 0.900. The van der Waals surface area contributed by atoms with E-state index < -0.39 is 0 Å². The molecule has 0 amide bonds. The molecular formula is C10H19N5. The van der Waals surface area contributed by atoms with Crippen LogP contribution in [0.15, 0.2) is 0 Å². The Morgan fingerprint density at radius 1 is 1.53 bits per heavy atom. The van der Waals surface area contributed by atoms with Crippen LogP contribution < -0.4 is 5.32 Å². The number of hydrogen-bond donors (Lipinski definition) is 1. The van der Waals surface area contributed by atoms with Crippen LogP contribution in [0.1, 0.15) is 38.6 Å². The van der Waals surface area contributed by atoms with Gasteiger partial charge in [0.1, 0.15) is 0 Å². The van der Waals surface area contributed by atoms with Gasteiger partial charge in [0.25, 0.3) is 0 Å². The Balaban J connectivity index is 1.91. The molecule has 0 spiro atoms. The normalized spacial score (nSPS) is 22.2. The number of hydrogen-bond acceptors (Lipinski definition) is 4. The van der Waals surface area contributed by atoms with Crippen molar-refractivity contribution in [2.75, 3.05) is 13.1 Å². The van der Waals surface area contributed by atoms with Crippen LogP contribution in [-0.4, -0.2) is 33.3 Å². The third-order valence-electron chi connectivity index (χ3n) is 2.80. The lowest BCUT2D eigenvalue weighted by Crippen LogP contribution is -2.31. The molecule has 1 fully saturated rings. The zero-order valence-electron chi connectivity index (χ0n) is 9.48. The van der Waals surface area contributed by atoms with Gasteiger partial charge in [-0.05, 0) is 50.9 Å². The van der Waals surface area contributed by atoms with E-state index in [0.29, 0.717) is 12.0 Å². The molecule has 1 aromatic rings. The highest BCUT2D eigenvalue weighted by atomic mass is 15.6. The molecule has 5 nitrogen and oxygen atoms in total. The number of aromatic nitrogens is 4. The fourth-order valence-corrected chi connectivity index (χ4v) is 1.91. The predicted molar refractivity (Wildman–Crippen MR) is 57.5 cm³/mol. The summed E-state index contributed by atoms with van der Waals surface area (Å²) in [7, 11) is 0. The summed E-state index contributed by atoms with van der Waals surface area (Å²) < 4.78 is 0. The molecule has 84 valence electrons. The topological polar surface area (TPSA) is 55.6 Å². The maximum Gasteiger partial charge on any atom is 0.175 e. The van der Waals surface area contributed by atoms with Gasteiger partial charge in [0.2, 0.25) is 0 Å². The van der Waals surface area contributed by atoms with E-state index in [1.165, 1.54) is 12.8 Å². The number of tetrazole rings is 1. The molecule has 2 rings (SSSR count). The van der Waals surface area contributed by atoms with Gasteiger partial charge in [-0.1, -0.05) is 0 Å². The maximum atomic E-state index is 4.37. The summed E-state index contributed by atoms with van der Waals surface area (Å²) in [6.45, 7) is 6.38. The van der Waals surface area contributed by atoms with Gasteiger partial charge in [-0.3, -0.25) is 0 Å². The maximum absolute atomic E-state index is 4.37. The van der Waals surface area contributed by atoms with Crippen molar-refractivity contribution in [3.63, 3.8) is 0 Å². The third kappa shape index (κ3) is 2.75. The van der Waals surface area contributed by atoms with Crippen LogP contribution >= 0.6 is 0 Å². The van der Waals surface area contributed by atoms with E-state index in [-0.39, 0.29) is 0 Å². The van der Waals surface area contributed by atoms with Crippen molar-refractivity contribution in [2.45, 2.75) is 39.2 Å². The van der Waals surface area contributed by atoms with Crippen molar-refractivity contribution >= 4 is 0 Å². The van der Waals surface area contributed by atoms with Crippen LogP contribution in [0.2, 0.25) is 0 Å². The van der Waals surface area contributed by atoms with Crippen molar-refractivity contribution in [2.24, 2.45) is 5.92 Å². The Morgan fingerprint density at radius 2 is 2.40 bits per heavy atom. The average molecular weight is 209 g/mol. The number of piperidine rings is 1. The summed E-state index contributed by atoms with van der Waals surface area (Å²) in [6, 6.07) is 0.302. The summed E-state index contributed by atoms with van der Waals surface area (Å²) >= 11 is 0. The van der Waals surface area contributed by atoms with Gasteiger partial charge < -0.3 is 5.32 Å². The van der Waals surface area contributed by atoms with Crippen LogP contribution in [-0.2, 0) is 6.42 Å². The SMILES string of the molecule is CC(C)n1nnc(CC2CCCNC2)n1. The summed E-state index contributed by atoms with van der Waals surface area (Å²) in [5, 5.41) is 15.9. The van der Waals surface area contributed by atoms with Crippen LogP contribution in [0.4, 0.5) is 0 Å². The van der Waals surface area contributed by atoms with Gasteiger partial charge in [0.15, 0.2) is 5.82 Å². The van der Waals surface area contributed by atoms with Gasteiger partial charge in [-0.25, -0.2) is 0 Å². The molecule has 1 unspecified atom stereocenters. The molecule has 1 aliphatic rings. The Morgan fingerprint density at radius 3 is 3.00 bits per heavy atom. The minimum Gasteiger partial charge on any atom is -0.316 e. The fourth-order valence-electron chi connectivity index (χ4n) is 1.91. The monoisotopic (exact) mass is 209 g/mol. The summed E-state index contributed by atoms with van der Waals surface area (Å²) in [5.41, 5.74) is 0. The van der Waals surface area contributed by atoms with Crippen molar-refractivity contribution < 1.29 is 0 Å². The molecule has 1 atom stereocenters. The third-order valence-corrected chi connectivity index (χ3v) is 2.80. The van der Waals surface area contributed by atoms with Crippen LogP contribution in [0.5, 0.6) is 0 Å². The van der Waals surface area contributed by atoms with E-state index >= 15 is 0 Å². The first-order valence-corrected chi connectivity index (χ1v) is 5.75. The molecule has 15 heavy (non-hydrogen) atoms. The van der Waals surface area contributed by atoms with Gasteiger partial charge in [0, 0.05) is 6.42 Å². The molecule has 5 heteroatoms. The predicted octanol–water partition coefficient (Wildman–Crippen LogP) is 0.796. The van der Waals surface area contributed by atoms with E-state index in [0.717, 1.165) is 25.3 Å². The van der Waals surface area contributed by atoms with Crippen molar-refractivity contribution in [1.29, 1.82) is 0 Å². The summed E-state index contributed by atoms with van der Waals surface area (Å²) in [6.07, 6.45) is 3.51. The minimum atomic E-state index is 0.302. The molecule has 0 radical (unpaired) electrons. The first kappa shape index (κ1) is 10.5. The molecule has 0 aromatic carbocycles. The average Bonchev–Trinajstić information content (AvgIpc) is 2.68. The first-order valence-electron chi connectivity index (χ1n) is 5.75. The van der Waals surface area contributed by atoms with Crippen molar-refractivity contribution in [1.82, 2.24) is 25.5 Å². The van der Waals surface area contributed by atoms with Gasteiger partial charge in [-0.15, -0.1) is 10.2 Å². The van der Waals surface area contributed by atoms with Crippen LogP contribution in [0, 0.1) is 5.92 Å². The lowest BCUT2D eigenvalue weighted by Gasteiger charge is -2.20. The molecule has 0 bridgehead atoms. The van der Waals surface area contributed by atoms with E-state index in [1.54, 1.807) is 4.80 Å². The van der Waals surface area contributed by atoms with Crippen LogP contribution in [0.3, 0.4) is 0 Å². The molecular weight excluding hydrogens is 190 g/mol. The number of nitrogens with zero attached hydrogens (tertiary/aromatic N) is 4. The summed E-state index contributed by atoms with van der Waals surface area (Å²) in [4.78, 5) is 1.69. The molecule has 1 aliphatic heterocycles. The highest BCUT2D eigenvalue weighted by Crippen LogP contribution is 2.13. The molecule has 2 heterocycles. The standard InChI is InChI=1S/C10H19N5/c1-8(2)15-13-10(12-14-15)6-9-4-3-5-11-7-9/h8-9,11H,3-7H2,1-2H3. The lowest BCUT2D eigenvalue weighted by atomic mass is 9.96. The lowest BCUT2D eigenvalue weighted by molar-refractivity contribution is 0.369. The highest BCUT2D eigenvalue weighted by Gasteiger charge is 2.16. The second-order valence-electron chi connectivity index (χ2n) is 4.54. The van der Waals surface area contributed by atoms with Gasteiger partial charge in [0.05, 0.1) is 6.04 Å². The highest BCUT2D eigenvalue weighted by molar-refractivity contribution is 4.84. The minimum absolute atomic E-state index is 0.302. The van der Waals surface area contributed by atoms with E-state index in [4.69, 9.17) is 0 Å². The second kappa shape index (κ2) is 4.70. The Hall–Kier alpha value is -0.970. The molecule has 0 aliphatic carbocycles. The Bertz CT molecular complexity index is 301. The summed E-state index contributed by atoms with van der Waals surface area (Å²) in [5.74, 6) is 1.57. The number of nitrogens with one attached hydrogen (secondary N) is 1. The largest absolute Gasteiger partial charge is 0.316 e. The smallest absolute Gasteiger partial charge is 0.175 e. The van der Waals surface area contributed by atoms with E-state index in [1.807, 2.05) is 0 Å². The van der Waals surface area contributed by atoms with Crippen molar-refractivity contribution in [3.8, 4) is 0 Å². The van der Waals surface area contributed by atoms with Gasteiger partial charge >= 0.3 is 0 Å². The quantitative estimate of drug-likeness (QED) is 0.800. The van der Waals surface area contributed by atoms with E-state index in [2.05, 4.69) is 34.6 Å². The zero-order valence-corrected chi connectivity index (χ0v) is 9.48. The molecule has 1 N–H and O–H groups in total. The Kier molecular flexibility index (Phi) is 3.30. The number of rotatable bonds is 3. The Labute approximate surface area is 90.2 Å². The van der Waals surface area contributed by atoms with Crippen LogP contribution in [0.25, 0.3) is 0 Å².